The minimum absolute atomic E-state index is 0.879. The van der Waals surface area contributed by atoms with Gasteiger partial charge in [-0.15, -0.1) is 0 Å². The fourth-order valence-corrected chi connectivity index (χ4v) is 10.5. The molecular weight excluding hydrogens is 837 g/mol. The van der Waals surface area contributed by atoms with Crippen LogP contribution in [0.5, 0.6) is 0 Å². The second-order valence-corrected chi connectivity index (χ2v) is 17.6. The second kappa shape index (κ2) is 16.9. The molecule has 11 aromatic carbocycles. The maximum atomic E-state index is 6.68. The Hall–Kier alpha value is -9.18. The Morgan fingerprint density at radius 3 is 1.52 bits per heavy atom. The molecule has 3 nitrogen and oxygen atoms in total. The van der Waals surface area contributed by atoms with Crippen LogP contribution in [0, 0.1) is 0 Å². The van der Waals surface area contributed by atoms with Gasteiger partial charge in [0.25, 0.3) is 0 Å². The Labute approximate surface area is 401 Å². The molecule has 13 aromatic rings. The minimum atomic E-state index is 0.879. The summed E-state index contributed by atoms with van der Waals surface area (Å²) in [7, 11) is 0. The number of nitrogens with zero attached hydrogens (tertiary/aromatic N) is 2. The van der Waals surface area contributed by atoms with Crippen LogP contribution in [0.2, 0.25) is 0 Å². The zero-order chi connectivity index (χ0) is 45.7. The monoisotopic (exact) mass is 880 g/mol. The molecule has 0 spiro atoms. The lowest BCUT2D eigenvalue weighted by atomic mass is 9.93. The first kappa shape index (κ1) is 40.1. The normalized spacial score (nSPS) is 11.5. The largest absolute Gasteiger partial charge is 0.455 e. The van der Waals surface area contributed by atoms with Crippen LogP contribution in [-0.4, -0.2) is 4.57 Å². The van der Waals surface area contributed by atoms with E-state index in [1.54, 1.807) is 0 Å². The SMILES string of the molecule is c1ccc(-c2ccccc2-c2cccc(N(c3ccc(-c4ccccc4-c4ccccc4-n4c5ccccc5c5ccccc54)cc3)c3ccccc3-c3cccc4c3oc3ccccc34)c2)cc1. The Morgan fingerprint density at radius 1 is 0.290 bits per heavy atom. The van der Waals surface area contributed by atoms with E-state index < -0.39 is 0 Å². The first-order chi connectivity index (χ1) is 34.3. The average Bonchev–Trinajstić information content (AvgIpc) is 3.98. The number of hydrogen-bond acceptors (Lipinski definition) is 2. The summed E-state index contributed by atoms with van der Waals surface area (Å²) < 4.78 is 9.11. The molecule has 0 amide bonds. The third-order valence-corrected chi connectivity index (χ3v) is 13.6. The van der Waals surface area contributed by atoms with Crippen molar-refractivity contribution in [1.29, 1.82) is 0 Å². The lowest BCUT2D eigenvalue weighted by Gasteiger charge is -2.28. The number of aromatic nitrogens is 1. The van der Waals surface area contributed by atoms with Gasteiger partial charge in [-0.2, -0.15) is 0 Å². The predicted molar refractivity (Wildman–Crippen MR) is 290 cm³/mol. The first-order valence-corrected chi connectivity index (χ1v) is 23.6. The molecule has 0 bridgehead atoms. The molecule has 0 aliphatic heterocycles. The molecule has 69 heavy (non-hydrogen) atoms. The van der Waals surface area contributed by atoms with E-state index in [9.17, 15) is 0 Å². The third-order valence-electron chi connectivity index (χ3n) is 13.6. The fourth-order valence-electron chi connectivity index (χ4n) is 10.5. The van der Waals surface area contributed by atoms with Gasteiger partial charge in [-0.05, 0) is 93.5 Å². The maximum absolute atomic E-state index is 6.68. The summed E-state index contributed by atoms with van der Waals surface area (Å²) in [5.41, 5.74) is 19.9. The molecule has 0 fully saturated rings. The maximum Gasteiger partial charge on any atom is 0.143 e. The zero-order valence-electron chi connectivity index (χ0n) is 37.7. The van der Waals surface area contributed by atoms with Gasteiger partial charge < -0.3 is 13.9 Å². The average molecular weight is 881 g/mol. The Bertz CT molecular complexity index is 3970. The quantitative estimate of drug-likeness (QED) is 0.144. The van der Waals surface area contributed by atoms with Gasteiger partial charge in [-0.25, -0.2) is 0 Å². The van der Waals surface area contributed by atoms with Crippen LogP contribution >= 0.6 is 0 Å². The molecule has 3 heteroatoms. The highest BCUT2D eigenvalue weighted by molar-refractivity contribution is 6.12. The highest BCUT2D eigenvalue weighted by atomic mass is 16.3. The van der Waals surface area contributed by atoms with Crippen LogP contribution in [0.15, 0.2) is 271 Å². The molecular formula is C66H44N2O. The van der Waals surface area contributed by atoms with E-state index in [2.05, 4.69) is 270 Å². The van der Waals surface area contributed by atoms with Crippen LogP contribution in [0.1, 0.15) is 0 Å². The lowest BCUT2D eigenvalue weighted by Crippen LogP contribution is -2.11. The van der Waals surface area contributed by atoms with E-state index in [0.29, 0.717) is 0 Å². The Balaban J connectivity index is 0.969. The van der Waals surface area contributed by atoms with Gasteiger partial charge in [0.15, 0.2) is 0 Å². The van der Waals surface area contributed by atoms with Crippen molar-refractivity contribution in [3.63, 3.8) is 0 Å². The molecule has 0 saturated heterocycles. The number of furan rings is 1. The van der Waals surface area contributed by atoms with Crippen molar-refractivity contribution < 1.29 is 4.42 Å². The molecule has 0 aliphatic carbocycles. The highest BCUT2D eigenvalue weighted by Crippen LogP contribution is 2.47. The van der Waals surface area contributed by atoms with Crippen LogP contribution in [0.4, 0.5) is 17.1 Å². The number of fused-ring (bicyclic) bond motifs is 6. The Morgan fingerprint density at radius 2 is 0.783 bits per heavy atom. The van der Waals surface area contributed by atoms with E-state index in [4.69, 9.17) is 4.42 Å². The second-order valence-electron chi connectivity index (χ2n) is 17.6. The first-order valence-electron chi connectivity index (χ1n) is 23.6. The lowest BCUT2D eigenvalue weighted by molar-refractivity contribution is 0.670. The molecule has 0 aliphatic rings. The van der Waals surface area contributed by atoms with Gasteiger partial charge in [0.2, 0.25) is 0 Å². The smallest absolute Gasteiger partial charge is 0.143 e. The van der Waals surface area contributed by atoms with Crippen molar-refractivity contribution >= 4 is 60.8 Å². The summed E-state index contributed by atoms with van der Waals surface area (Å²) in [6.45, 7) is 0. The molecule has 2 heterocycles. The molecule has 13 rings (SSSR count). The number of rotatable bonds is 9. The van der Waals surface area contributed by atoms with Gasteiger partial charge in [0, 0.05) is 49.6 Å². The summed E-state index contributed by atoms with van der Waals surface area (Å²) in [4.78, 5) is 2.40. The van der Waals surface area contributed by atoms with Crippen molar-refractivity contribution in [2.24, 2.45) is 0 Å². The fraction of sp³-hybridized carbons (Fsp3) is 0. The van der Waals surface area contributed by atoms with E-state index in [1.165, 1.54) is 55.2 Å². The summed E-state index contributed by atoms with van der Waals surface area (Å²) in [6.07, 6.45) is 0. The van der Waals surface area contributed by atoms with E-state index in [0.717, 1.165) is 66.9 Å². The number of para-hydroxylation sites is 6. The summed E-state index contributed by atoms with van der Waals surface area (Å²) in [5.74, 6) is 0. The number of hydrogen-bond donors (Lipinski definition) is 0. The summed E-state index contributed by atoms with van der Waals surface area (Å²) in [6, 6.07) is 96.0. The number of benzene rings is 11. The molecule has 0 atom stereocenters. The number of anilines is 3. The van der Waals surface area contributed by atoms with Crippen molar-refractivity contribution in [2.45, 2.75) is 0 Å². The highest BCUT2D eigenvalue weighted by Gasteiger charge is 2.22. The molecule has 0 N–H and O–H groups in total. The van der Waals surface area contributed by atoms with Crippen LogP contribution < -0.4 is 4.90 Å². The van der Waals surface area contributed by atoms with Crippen LogP contribution in [-0.2, 0) is 0 Å². The van der Waals surface area contributed by atoms with E-state index in [1.807, 2.05) is 6.07 Å². The molecule has 0 radical (unpaired) electrons. The molecule has 2 aromatic heterocycles. The van der Waals surface area contributed by atoms with E-state index in [-0.39, 0.29) is 0 Å². The topological polar surface area (TPSA) is 21.3 Å². The van der Waals surface area contributed by atoms with Crippen molar-refractivity contribution in [1.82, 2.24) is 4.57 Å². The van der Waals surface area contributed by atoms with Crippen molar-refractivity contribution in [2.75, 3.05) is 4.90 Å². The standard InChI is InChI=1S/C66H44N2O/c1-2-20-45(21-3-1)50-24-4-5-26-52(50)47-22-18-23-49(44-47)67(61-35-13-11-31-57(61)59-33-19-34-60-58-32-12-17-39-65(58)69-66(59)60)48-42-40-46(41-43-48)51-25-6-7-27-53(51)54-28-8-14-36-62(54)68-63-37-15-9-29-55(63)56-30-10-16-38-64(56)68/h1-44H. The molecule has 0 unspecified atom stereocenters. The van der Waals surface area contributed by atoms with Crippen molar-refractivity contribution in [3.8, 4) is 61.3 Å². The van der Waals surface area contributed by atoms with Crippen LogP contribution in [0.25, 0.3) is 105 Å². The van der Waals surface area contributed by atoms with Gasteiger partial charge >= 0.3 is 0 Å². The summed E-state index contributed by atoms with van der Waals surface area (Å²) in [5, 5.41) is 4.71. The van der Waals surface area contributed by atoms with E-state index >= 15 is 0 Å². The van der Waals surface area contributed by atoms with Gasteiger partial charge in [-0.3, -0.25) is 0 Å². The van der Waals surface area contributed by atoms with Crippen molar-refractivity contribution in [3.05, 3.63) is 267 Å². The van der Waals surface area contributed by atoms with Gasteiger partial charge in [0.05, 0.1) is 22.4 Å². The third kappa shape index (κ3) is 6.91. The predicted octanol–water partition coefficient (Wildman–Crippen LogP) is 18.5. The van der Waals surface area contributed by atoms with Gasteiger partial charge in [0.1, 0.15) is 11.2 Å². The summed E-state index contributed by atoms with van der Waals surface area (Å²) >= 11 is 0. The Kier molecular flexibility index (Phi) is 9.84. The van der Waals surface area contributed by atoms with Crippen LogP contribution in [0.3, 0.4) is 0 Å². The minimum Gasteiger partial charge on any atom is -0.455 e. The molecule has 0 saturated carbocycles. The zero-order valence-corrected chi connectivity index (χ0v) is 37.7. The molecule has 324 valence electrons. The van der Waals surface area contributed by atoms with Gasteiger partial charge in [-0.1, -0.05) is 212 Å².